The summed E-state index contributed by atoms with van der Waals surface area (Å²) in [7, 11) is 0. The molecule has 0 aliphatic carbocycles. The predicted molar refractivity (Wildman–Crippen MR) is 68.4 cm³/mol. The van der Waals surface area contributed by atoms with E-state index in [0.717, 1.165) is 16.9 Å². The van der Waals surface area contributed by atoms with Crippen LogP contribution in [0.5, 0.6) is 0 Å². The average molecular weight is 230 g/mol. The lowest BCUT2D eigenvalue weighted by atomic mass is 10.1. The van der Waals surface area contributed by atoms with Gasteiger partial charge in [0.1, 0.15) is 0 Å². The molecule has 90 valence electrons. The number of benzene rings is 1. The molecule has 0 atom stereocenters. The molecule has 1 N–H and O–H groups in total. The van der Waals surface area contributed by atoms with E-state index in [0.29, 0.717) is 0 Å². The predicted octanol–water partition coefficient (Wildman–Crippen LogP) is 2.60. The first-order valence-corrected chi connectivity index (χ1v) is 5.77. The van der Waals surface area contributed by atoms with Gasteiger partial charge in [-0.1, -0.05) is 17.7 Å². The molecule has 3 nitrogen and oxygen atoms in total. The monoisotopic (exact) mass is 230 g/mol. The number of aliphatic hydroxyl groups is 1. The minimum atomic E-state index is 0.0375. The van der Waals surface area contributed by atoms with E-state index < -0.39 is 0 Å². The van der Waals surface area contributed by atoms with E-state index in [-0.39, 0.29) is 6.61 Å². The van der Waals surface area contributed by atoms with Crippen LogP contribution in [0.2, 0.25) is 0 Å². The van der Waals surface area contributed by atoms with Gasteiger partial charge in [-0.2, -0.15) is 5.10 Å². The number of aromatic nitrogens is 2. The molecule has 3 heteroatoms. The van der Waals surface area contributed by atoms with E-state index in [1.807, 2.05) is 17.8 Å². The fourth-order valence-electron chi connectivity index (χ4n) is 2.30. The molecule has 17 heavy (non-hydrogen) atoms. The lowest BCUT2D eigenvalue weighted by molar-refractivity contribution is 0.281. The van der Waals surface area contributed by atoms with Crippen molar-refractivity contribution in [3.05, 3.63) is 46.3 Å². The van der Waals surface area contributed by atoms with Gasteiger partial charge in [0.05, 0.1) is 18.0 Å². The van der Waals surface area contributed by atoms with Crippen molar-refractivity contribution in [1.82, 2.24) is 9.78 Å². The lowest BCUT2D eigenvalue weighted by Crippen LogP contribution is -2.01. The zero-order valence-corrected chi connectivity index (χ0v) is 10.8. The molecule has 0 radical (unpaired) electrons. The normalized spacial score (nSPS) is 10.9. The number of hydrogen-bond acceptors (Lipinski definition) is 2. The highest BCUT2D eigenvalue weighted by Gasteiger charge is 2.10. The zero-order valence-electron chi connectivity index (χ0n) is 10.8. The molecule has 0 unspecified atom stereocenters. The Kier molecular flexibility index (Phi) is 3.03. The maximum absolute atomic E-state index is 9.21. The summed E-state index contributed by atoms with van der Waals surface area (Å²) in [5.41, 5.74) is 6.54. The Morgan fingerprint density at radius 3 is 2.18 bits per heavy atom. The van der Waals surface area contributed by atoms with Crippen molar-refractivity contribution in [2.45, 2.75) is 34.3 Å². The minimum Gasteiger partial charge on any atom is -0.392 e. The molecule has 0 bridgehead atoms. The number of aryl methyl sites for hydroxylation is 4. The summed E-state index contributed by atoms with van der Waals surface area (Å²) < 4.78 is 1.87. The van der Waals surface area contributed by atoms with Crippen LogP contribution in [0.15, 0.2) is 18.3 Å². The Balaban J connectivity index is 2.60. The maximum Gasteiger partial charge on any atom is 0.0715 e. The van der Waals surface area contributed by atoms with Gasteiger partial charge in [0.25, 0.3) is 0 Å². The minimum absolute atomic E-state index is 0.0375. The van der Waals surface area contributed by atoms with Crippen molar-refractivity contribution in [1.29, 1.82) is 0 Å². The van der Waals surface area contributed by atoms with Crippen LogP contribution in [0, 0.1) is 27.7 Å². The van der Waals surface area contributed by atoms with Gasteiger partial charge in [0.2, 0.25) is 0 Å². The Morgan fingerprint density at radius 1 is 1.12 bits per heavy atom. The van der Waals surface area contributed by atoms with Crippen LogP contribution in [0.3, 0.4) is 0 Å². The van der Waals surface area contributed by atoms with Crippen molar-refractivity contribution < 1.29 is 5.11 Å². The molecule has 0 aliphatic rings. The number of nitrogens with zero attached hydrogens (tertiary/aromatic N) is 2. The van der Waals surface area contributed by atoms with E-state index in [2.05, 4.69) is 38.0 Å². The van der Waals surface area contributed by atoms with Gasteiger partial charge >= 0.3 is 0 Å². The van der Waals surface area contributed by atoms with Crippen molar-refractivity contribution in [2.75, 3.05) is 0 Å². The molecular weight excluding hydrogens is 212 g/mol. The SMILES string of the molecule is Cc1cc(C)c(-n2cc(CO)c(C)n2)c(C)c1. The van der Waals surface area contributed by atoms with Crippen LogP contribution in [0.4, 0.5) is 0 Å². The quantitative estimate of drug-likeness (QED) is 0.861. The molecule has 1 aromatic carbocycles. The van der Waals surface area contributed by atoms with Crippen LogP contribution in [-0.2, 0) is 6.61 Å². The molecule has 0 spiro atoms. The Morgan fingerprint density at radius 2 is 1.71 bits per heavy atom. The van der Waals surface area contributed by atoms with Crippen molar-refractivity contribution in [3.8, 4) is 5.69 Å². The van der Waals surface area contributed by atoms with Crippen LogP contribution in [-0.4, -0.2) is 14.9 Å². The summed E-state index contributed by atoms with van der Waals surface area (Å²) >= 11 is 0. The molecule has 2 aromatic rings. The van der Waals surface area contributed by atoms with Crippen LogP contribution in [0.1, 0.15) is 27.9 Å². The molecule has 0 aliphatic heterocycles. The topological polar surface area (TPSA) is 38.0 Å². The van der Waals surface area contributed by atoms with E-state index >= 15 is 0 Å². The van der Waals surface area contributed by atoms with Crippen molar-refractivity contribution >= 4 is 0 Å². The van der Waals surface area contributed by atoms with Crippen molar-refractivity contribution in [2.24, 2.45) is 0 Å². The number of aliphatic hydroxyl groups excluding tert-OH is 1. The van der Waals surface area contributed by atoms with E-state index in [1.54, 1.807) is 0 Å². The van der Waals surface area contributed by atoms with Crippen LogP contribution >= 0.6 is 0 Å². The number of hydrogen-bond donors (Lipinski definition) is 1. The third-order valence-electron chi connectivity index (χ3n) is 3.04. The van der Waals surface area contributed by atoms with Gasteiger partial charge in [0, 0.05) is 11.8 Å². The van der Waals surface area contributed by atoms with Gasteiger partial charge in [-0.25, -0.2) is 4.68 Å². The maximum atomic E-state index is 9.21. The van der Waals surface area contributed by atoms with Crippen molar-refractivity contribution in [3.63, 3.8) is 0 Å². The second-order valence-electron chi connectivity index (χ2n) is 4.59. The summed E-state index contributed by atoms with van der Waals surface area (Å²) in [6.07, 6.45) is 1.90. The first-order chi connectivity index (χ1) is 8.02. The summed E-state index contributed by atoms with van der Waals surface area (Å²) in [5.74, 6) is 0. The fraction of sp³-hybridized carbons (Fsp3) is 0.357. The largest absolute Gasteiger partial charge is 0.392 e. The Bertz CT molecular complexity index is 532. The van der Waals surface area contributed by atoms with Crippen LogP contribution < -0.4 is 0 Å². The second kappa shape index (κ2) is 4.34. The van der Waals surface area contributed by atoms with Crippen LogP contribution in [0.25, 0.3) is 5.69 Å². The summed E-state index contributed by atoms with van der Waals surface area (Å²) in [4.78, 5) is 0. The standard InChI is InChI=1S/C14H18N2O/c1-9-5-10(2)14(11(3)6-9)16-7-13(8-17)12(4)15-16/h5-7,17H,8H2,1-4H3. The second-order valence-corrected chi connectivity index (χ2v) is 4.59. The molecule has 1 aromatic heterocycles. The molecule has 0 saturated heterocycles. The first kappa shape index (κ1) is 11.9. The van der Waals surface area contributed by atoms with Gasteiger partial charge in [-0.15, -0.1) is 0 Å². The third kappa shape index (κ3) is 2.11. The zero-order chi connectivity index (χ0) is 12.6. The number of rotatable bonds is 2. The molecule has 0 saturated carbocycles. The third-order valence-corrected chi connectivity index (χ3v) is 3.04. The molecule has 0 amide bonds. The first-order valence-electron chi connectivity index (χ1n) is 5.77. The summed E-state index contributed by atoms with van der Waals surface area (Å²) in [6, 6.07) is 4.30. The summed E-state index contributed by atoms with van der Waals surface area (Å²) in [6.45, 7) is 8.23. The summed E-state index contributed by atoms with van der Waals surface area (Å²) in [5, 5.41) is 13.7. The Labute approximate surface area is 102 Å². The van der Waals surface area contributed by atoms with E-state index in [1.165, 1.54) is 16.7 Å². The highest BCUT2D eigenvalue weighted by molar-refractivity contribution is 5.49. The fourth-order valence-corrected chi connectivity index (χ4v) is 2.30. The molecular formula is C14H18N2O. The molecule has 0 fully saturated rings. The van der Waals surface area contributed by atoms with E-state index in [4.69, 9.17) is 0 Å². The lowest BCUT2D eigenvalue weighted by Gasteiger charge is -2.11. The van der Waals surface area contributed by atoms with Gasteiger partial charge in [-0.3, -0.25) is 0 Å². The van der Waals surface area contributed by atoms with Gasteiger partial charge in [-0.05, 0) is 38.8 Å². The Hall–Kier alpha value is -1.61. The van der Waals surface area contributed by atoms with E-state index in [9.17, 15) is 5.11 Å². The van der Waals surface area contributed by atoms with Gasteiger partial charge < -0.3 is 5.11 Å². The highest BCUT2D eigenvalue weighted by atomic mass is 16.3. The van der Waals surface area contributed by atoms with Gasteiger partial charge in [0.15, 0.2) is 0 Å². The smallest absolute Gasteiger partial charge is 0.0715 e. The molecule has 2 rings (SSSR count). The molecule has 1 heterocycles. The average Bonchev–Trinajstić information content (AvgIpc) is 2.57. The highest BCUT2D eigenvalue weighted by Crippen LogP contribution is 2.21.